The summed E-state index contributed by atoms with van der Waals surface area (Å²) in [4.78, 5) is 0. The number of hydrogen-bond donors (Lipinski definition) is 0. The van der Waals surface area contributed by atoms with Gasteiger partial charge in [-0.25, -0.2) is 0 Å². The van der Waals surface area contributed by atoms with Crippen LogP contribution in [-0.4, -0.2) is 20.3 Å². The minimum absolute atomic E-state index is 0.304. The number of hydrogen-bond acceptors (Lipinski definition) is 4. The highest BCUT2D eigenvalue weighted by Gasteiger charge is 2.20. The quantitative estimate of drug-likeness (QED) is 0.845. The van der Waals surface area contributed by atoms with E-state index in [2.05, 4.69) is 0 Å². The molecule has 4 heteroatoms. The third-order valence-corrected chi connectivity index (χ3v) is 3.32. The maximum absolute atomic E-state index is 5.83. The van der Waals surface area contributed by atoms with Gasteiger partial charge in [-0.05, 0) is 17.7 Å². The standard InChI is InChI=1S/C17H18O4/c1-18-16-11-14(17-19-9-10-20-17)7-8-15(16)21-12-13-5-3-2-4-6-13/h2-8,11,17H,9-10,12H2,1H3. The molecule has 0 aromatic heterocycles. The number of rotatable bonds is 5. The molecular weight excluding hydrogens is 268 g/mol. The first-order chi connectivity index (χ1) is 10.4. The van der Waals surface area contributed by atoms with Crippen molar-refractivity contribution >= 4 is 0 Å². The average Bonchev–Trinajstić information content (AvgIpc) is 3.08. The van der Waals surface area contributed by atoms with E-state index in [4.69, 9.17) is 18.9 Å². The van der Waals surface area contributed by atoms with Crippen LogP contribution in [-0.2, 0) is 16.1 Å². The summed E-state index contributed by atoms with van der Waals surface area (Å²) >= 11 is 0. The van der Waals surface area contributed by atoms with E-state index in [0.717, 1.165) is 11.1 Å². The summed E-state index contributed by atoms with van der Waals surface area (Å²) in [6, 6.07) is 15.8. The molecule has 2 aromatic rings. The second-order valence-corrected chi connectivity index (χ2v) is 4.76. The largest absolute Gasteiger partial charge is 0.493 e. The fraction of sp³-hybridized carbons (Fsp3) is 0.294. The predicted molar refractivity (Wildman–Crippen MR) is 78.4 cm³/mol. The van der Waals surface area contributed by atoms with E-state index >= 15 is 0 Å². The molecule has 0 radical (unpaired) electrons. The summed E-state index contributed by atoms with van der Waals surface area (Å²) in [5.74, 6) is 1.39. The summed E-state index contributed by atoms with van der Waals surface area (Å²) in [6.45, 7) is 1.76. The SMILES string of the molecule is COc1cc(C2OCCO2)ccc1OCc1ccccc1. The molecule has 1 heterocycles. The molecule has 0 bridgehead atoms. The third kappa shape index (κ3) is 3.35. The summed E-state index contributed by atoms with van der Waals surface area (Å²) in [6.07, 6.45) is -0.304. The van der Waals surface area contributed by atoms with Gasteiger partial charge in [-0.15, -0.1) is 0 Å². The average molecular weight is 286 g/mol. The van der Waals surface area contributed by atoms with E-state index in [1.807, 2.05) is 48.5 Å². The summed E-state index contributed by atoms with van der Waals surface area (Å²) in [5, 5.41) is 0. The first-order valence-electron chi connectivity index (χ1n) is 6.94. The van der Waals surface area contributed by atoms with Crippen molar-refractivity contribution in [2.75, 3.05) is 20.3 Å². The Kier molecular flexibility index (Phi) is 4.38. The molecule has 0 atom stereocenters. The first-order valence-corrected chi connectivity index (χ1v) is 6.94. The number of ether oxygens (including phenoxy) is 4. The molecule has 3 rings (SSSR count). The van der Waals surface area contributed by atoms with Crippen LogP contribution < -0.4 is 9.47 Å². The van der Waals surface area contributed by atoms with Crippen molar-refractivity contribution in [2.45, 2.75) is 12.9 Å². The first kappa shape index (κ1) is 13.9. The van der Waals surface area contributed by atoms with Crippen LogP contribution in [0.25, 0.3) is 0 Å². The lowest BCUT2D eigenvalue weighted by Crippen LogP contribution is -2.01. The van der Waals surface area contributed by atoms with Crippen LogP contribution in [0.1, 0.15) is 17.4 Å². The molecule has 21 heavy (non-hydrogen) atoms. The minimum Gasteiger partial charge on any atom is -0.493 e. The fourth-order valence-electron chi connectivity index (χ4n) is 2.24. The molecule has 4 nitrogen and oxygen atoms in total. The van der Waals surface area contributed by atoms with Gasteiger partial charge in [0.05, 0.1) is 20.3 Å². The molecule has 2 aromatic carbocycles. The number of benzene rings is 2. The van der Waals surface area contributed by atoms with Crippen molar-refractivity contribution in [1.82, 2.24) is 0 Å². The lowest BCUT2D eigenvalue weighted by Gasteiger charge is -2.14. The predicted octanol–water partition coefficient (Wildman–Crippen LogP) is 3.32. The molecule has 110 valence electrons. The number of methoxy groups -OCH3 is 1. The zero-order valence-corrected chi connectivity index (χ0v) is 12.0. The van der Waals surface area contributed by atoms with E-state index in [-0.39, 0.29) is 6.29 Å². The van der Waals surface area contributed by atoms with Gasteiger partial charge in [0.2, 0.25) is 0 Å². The van der Waals surface area contributed by atoms with E-state index in [0.29, 0.717) is 31.3 Å². The van der Waals surface area contributed by atoms with Crippen LogP contribution >= 0.6 is 0 Å². The molecule has 0 amide bonds. The smallest absolute Gasteiger partial charge is 0.184 e. The zero-order valence-electron chi connectivity index (χ0n) is 12.0. The highest BCUT2D eigenvalue weighted by molar-refractivity contribution is 5.43. The Morgan fingerprint density at radius 2 is 1.76 bits per heavy atom. The zero-order chi connectivity index (χ0) is 14.5. The molecule has 0 spiro atoms. The molecule has 1 aliphatic heterocycles. The van der Waals surface area contributed by atoms with Crippen molar-refractivity contribution in [3.63, 3.8) is 0 Å². The van der Waals surface area contributed by atoms with Gasteiger partial charge in [0.25, 0.3) is 0 Å². The van der Waals surface area contributed by atoms with Crippen molar-refractivity contribution in [3.05, 3.63) is 59.7 Å². The fourth-order valence-corrected chi connectivity index (χ4v) is 2.24. The summed E-state index contributed by atoms with van der Waals surface area (Å²) in [5.41, 5.74) is 2.06. The molecule has 1 aliphatic rings. The Morgan fingerprint density at radius 1 is 1.00 bits per heavy atom. The van der Waals surface area contributed by atoms with Crippen LogP contribution in [0.3, 0.4) is 0 Å². The van der Waals surface area contributed by atoms with Crippen LogP contribution in [0.4, 0.5) is 0 Å². The van der Waals surface area contributed by atoms with Crippen LogP contribution in [0.2, 0.25) is 0 Å². The van der Waals surface area contributed by atoms with Crippen LogP contribution in [0.5, 0.6) is 11.5 Å². The van der Waals surface area contributed by atoms with Gasteiger partial charge in [-0.3, -0.25) is 0 Å². The Bertz CT molecular complexity index is 577. The van der Waals surface area contributed by atoms with Crippen molar-refractivity contribution < 1.29 is 18.9 Å². The van der Waals surface area contributed by atoms with Gasteiger partial charge in [-0.2, -0.15) is 0 Å². The van der Waals surface area contributed by atoms with Crippen LogP contribution in [0.15, 0.2) is 48.5 Å². The van der Waals surface area contributed by atoms with E-state index in [9.17, 15) is 0 Å². The highest BCUT2D eigenvalue weighted by atomic mass is 16.7. The van der Waals surface area contributed by atoms with Gasteiger partial charge >= 0.3 is 0 Å². The van der Waals surface area contributed by atoms with E-state index in [1.165, 1.54) is 0 Å². The van der Waals surface area contributed by atoms with Crippen molar-refractivity contribution in [2.24, 2.45) is 0 Å². The molecule has 0 aliphatic carbocycles. The lowest BCUT2D eigenvalue weighted by atomic mass is 10.2. The van der Waals surface area contributed by atoms with Gasteiger partial charge in [-0.1, -0.05) is 36.4 Å². The topological polar surface area (TPSA) is 36.9 Å². The Morgan fingerprint density at radius 3 is 2.48 bits per heavy atom. The van der Waals surface area contributed by atoms with Crippen molar-refractivity contribution in [1.29, 1.82) is 0 Å². The molecule has 0 saturated carbocycles. The van der Waals surface area contributed by atoms with E-state index in [1.54, 1.807) is 7.11 Å². The maximum Gasteiger partial charge on any atom is 0.184 e. The Balaban J connectivity index is 1.72. The maximum atomic E-state index is 5.83. The minimum atomic E-state index is -0.304. The summed E-state index contributed by atoms with van der Waals surface area (Å²) in [7, 11) is 1.63. The Labute approximate surface area is 124 Å². The Hall–Kier alpha value is -2.04. The van der Waals surface area contributed by atoms with Crippen LogP contribution in [0, 0.1) is 0 Å². The molecule has 0 unspecified atom stereocenters. The monoisotopic (exact) mass is 286 g/mol. The van der Waals surface area contributed by atoms with Gasteiger partial charge < -0.3 is 18.9 Å². The van der Waals surface area contributed by atoms with Gasteiger partial charge in [0.1, 0.15) is 6.61 Å². The second kappa shape index (κ2) is 6.61. The normalized spacial score (nSPS) is 15.1. The lowest BCUT2D eigenvalue weighted by molar-refractivity contribution is -0.0442. The van der Waals surface area contributed by atoms with Gasteiger partial charge in [0.15, 0.2) is 17.8 Å². The third-order valence-electron chi connectivity index (χ3n) is 3.32. The molecular formula is C17H18O4. The van der Waals surface area contributed by atoms with E-state index < -0.39 is 0 Å². The highest BCUT2D eigenvalue weighted by Crippen LogP contribution is 2.33. The summed E-state index contributed by atoms with van der Waals surface area (Å²) < 4.78 is 22.2. The van der Waals surface area contributed by atoms with Crippen molar-refractivity contribution in [3.8, 4) is 11.5 Å². The molecule has 1 fully saturated rings. The van der Waals surface area contributed by atoms with Gasteiger partial charge in [0, 0.05) is 5.56 Å². The molecule has 1 saturated heterocycles. The second-order valence-electron chi connectivity index (χ2n) is 4.76. The molecule has 0 N–H and O–H groups in total.